The Morgan fingerprint density at radius 2 is 2.05 bits per heavy atom. The van der Waals surface area contributed by atoms with Crippen LogP contribution in [0, 0.1) is 6.92 Å². The molecule has 0 fully saturated rings. The lowest BCUT2D eigenvalue weighted by Gasteiger charge is -2.13. The number of rotatable bonds is 3. The minimum absolute atomic E-state index is 0.00757. The molecule has 4 nitrogen and oxygen atoms in total. The molecular weight excluding hydrogens is 295 g/mol. The van der Waals surface area contributed by atoms with Gasteiger partial charge in [-0.05, 0) is 26.0 Å². The largest absolute Gasteiger partial charge is 0.444 e. The molecule has 1 N–H and O–H groups in total. The molecular formula is C12H11ClF3N3O. The van der Waals surface area contributed by atoms with Gasteiger partial charge in [-0.25, -0.2) is 9.97 Å². The number of aryl methyl sites for hydroxylation is 1. The summed E-state index contributed by atoms with van der Waals surface area (Å²) in [5.41, 5.74) is -0.865. The van der Waals surface area contributed by atoms with Crippen LogP contribution in [-0.2, 0) is 6.18 Å². The van der Waals surface area contributed by atoms with Crippen molar-refractivity contribution in [1.29, 1.82) is 0 Å². The Hall–Kier alpha value is -1.76. The van der Waals surface area contributed by atoms with Crippen LogP contribution in [0.1, 0.15) is 30.2 Å². The van der Waals surface area contributed by atoms with Crippen molar-refractivity contribution in [3.63, 3.8) is 0 Å². The maximum Gasteiger partial charge on any atom is 0.416 e. The number of anilines is 1. The first-order valence-electron chi connectivity index (χ1n) is 5.69. The van der Waals surface area contributed by atoms with Gasteiger partial charge >= 0.3 is 6.18 Å². The molecule has 0 spiro atoms. The number of nitrogens with zero attached hydrogens (tertiary/aromatic N) is 2. The summed E-state index contributed by atoms with van der Waals surface area (Å²) in [5, 5.41) is 2.54. The molecule has 0 bridgehead atoms. The molecule has 0 saturated carbocycles. The Kier molecular flexibility index (Phi) is 3.89. The van der Waals surface area contributed by atoms with E-state index >= 15 is 0 Å². The zero-order chi connectivity index (χ0) is 14.9. The van der Waals surface area contributed by atoms with Crippen LogP contribution in [0.3, 0.4) is 0 Å². The lowest BCUT2D eigenvalue weighted by Crippen LogP contribution is -2.11. The summed E-state index contributed by atoms with van der Waals surface area (Å²) >= 11 is 5.60. The van der Waals surface area contributed by atoms with Gasteiger partial charge in [-0.2, -0.15) is 13.2 Å². The van der Waals surface area contributed by atoms with Crippen LogP contribution in [0.2, 0.25) is 5.15 Å². The summed E-state index contributed by atoms with van der Waals surface area (Å²) in [6.07, 6.45) is -2.95. The van der Waals surface area contributed by atoms with E-state index in [4.69, 9.17) is 16.0 Å². The van der Waals surface area contributed by atoms with Crippen LogP contribution < -0.4 is 5.32 Å². The molecule has 2 aromatic rings. The number of alkyl halides is 3. The Labute approximate surface area is 118 Å². The number of hydrogen-bond donors (Lipinski definition) is 1. The van der Waals surface area contributed by atoms with Crippen molar-refractivity contribution in [2.45, 2.75) is 26.1 Å². The van der Waals surface area contributed by atoms with Gasteiger partial charge in [0.15, 0.2) is 0 Å². The third-order valence-corrected chi connectivity index (χ3v) is 2.69. The first-order valence-corrected chi connectivity index (χ1v) is 6.07. The highest BCUT2D eigenvalue weighted by atomic mass is 35.5. The van der Waals surface area contributed by atoms with Crippen molar-refractivity contribution in [3.8, 4) is 0 Å². The molecule has 0 amide bonds. The summed E-state index contributed by atoms with van der Waals surface area (Å²) in [4.78, 5) is 7.80. The number of aromatic nitrogens is 2. The molecule has 0 aliphatic rings. The summed E-state index contributed by atoms with van der Waals surface area (Å²) in [6.45, 7) is 3.42. The molecule has 2 rings (SSSR count). The zero-order valence-corrected chi connectivity index (χ0v) is 11.4. The second-order valence-corrected chi connectivity index (χ2v) is 4.62. The van der Waals surface area contributed by atoms with Gasteiger partial charge in [0, 0.05) is 0 Å². The number of pyridine rings is 1. The van der Waals surface area contributed by atoms with Crippen LogP contribution in [-0.4, -0.2) is 9.97 Å². The molecule has 0 saturated heterocycles. The quantitative estimate of drug-likeness (QED) is 0.862. The first kappa shape index (κ1) is 14.6. The molecule has 2 aromatic heterocycles. The summed E-state index contributed by atoms with van der Waals surface area (Å²) in [7, 11) is 0. The monoisotopic (exact) mass is 305 g/mol. The number of nitrogens with one attached hydrogen (secondary N) is 1. The SMILES string of the molecule is Cc1cnc(C(C)Nc2cc(C(F)(F)F)cc(Cl)n2)o1. The molecule has 0 aromatic carbocycles. The van der Waals surface area contributed by atoms with E-state index in [2.05, 4.69) is 15.3 Å². The van der Waals surface area contributed by atoms with Gasteiger partial charge in [0.25, 0.3) is 0 Å². The smallest absolute Gasteiger partial charge is 0.416 e. The van der Waals surface area contributed by atoms with Crippen LogP contribution in [0.25, 0.3) is 0 Å². The van der Waals surface area contributed by atoms with Crippen molar-refractivity contribution in [3.05, 3.63) is 40.7 Å². The summed E-state index contributed by atoms with van der Waals surface area (Å²) in [6, 6.07) is 1.22. The minimum atomic E-state index is -4.48. The first-order chi connectivity index (χ1) is 9.25. The Morgan fingerprint density at radius 3 is 2.60 bits per heavy atom. The Balaban J connectivity index is 2.23. The lowest BCUT2D eigenvalue weighted by atomic mass is 10.2. The highest BCUT2D eigenvalue weighted by molar-refractivity contribution is 6.29. The third-order valence-electron chi connectivity index (χ3n) is 2.50. The highest BCUT2D eigenvalue weighted by Gasteiger charge is 2.31. The van der Waals surface area contributed by atoms with Crippen LogP contribution in [0.4, 0.5) is 19.0 Å². The Bertz CT molecular complexity index is 612. The molecule has 0 aliphatic heterocycles. The van der Waals surface area contributed by atoms with Gasteiger partial charge in [-0.3, -0.25) is 0 Å². The van der Waals surface area contributed by atoms with Gasteiger partial charge in [-0.1, -0.05) is 11.6 Å². The fourth-order valence-electron chi connectivity index (χ4n) is 1.59. The van der Waals surface area contributed by atoms with E-state index in [1.807, 2.05) is 0 Å². The van der Waals surface area contributed by atoms with E-state index in [1.54, 1.807) is 13.8 Å². The van der Waals surface area contributed by atoms with E-state index in [0.29, 0.717) is 11.7 Å². The predicted molar refractivity (Wildman–Crippen MR) is 67.5 cm³/mol. The maximum atomic E-state index is 12.7. The van der Waals surface area contributed by atoms with Crippen molar-refractivity contribution < 1.29 is 17.6 Å². The topological polar surface area (TPSA) is 51.0 Å². The van der Waals surface area contributed by atoms with Gasteiger partial charge in [0.05, 0.1) is 11.8 Å². The average Bonchev–Trinajstić information content (AvgIpc) is 2.74. The summed E-state index contributed by atoms with van der Waals surface area (Å²) < 4.78 is 43.3. The lowest BCUT2D eigenvalue weighted by molar-refractivity contribution is -0.137. The number of oxazole rings is 1. The van der Waals surface area contributed by atoms with E-state index in [9.17, 15) is 13.2 Å². The average molecular weight is 306 g/mol. The van der Waals surface area contributed by atoms with Crippen molar-refractivity contribution in [2.75, 3.05) is 5.32 Å². The summed E-state index contributed by atoms with van der Waals surface area (Å²) in [5.74, 6) is 0.981. The van der Waals surface area contributed by atoms with E-state index < -0.39 is 17.8 Å². The minimum Gasteiger partial charge on any atom is -0.444 e. The van der Waals surface area contributed by atoms with Crippen molar-refractivity contribution in [1.82, 2.24) is 9.97 Å². The van der Waals surface area contributed by atoms with E-state index in [-0.39, 0.29) is 11.0 Å². The number of halogens is 4. The molecule has 2 heterocycles. The second-order valence-electron chi connectivity index (χ2n) is 4.24. The van der Waals surface area contributed by atoms with Crippen molar-refractivity contribution in [2.24, 2.45) is 0 Å². The standard InChI is InChI=1S/C12H11ClF3N3O/c1-6-5-17-11(20-6)7(2)18-10-4-8(12(14,15)16)3-9(13)19-10/h3-5,7H,1-2H3,(H,18,19). The van der Waals surface area contributed by atoms with Gasteiger partial charge in [0.2, 0.25) is 5.89 Å². The van der Waals surface area contributed by atoms with Crippen LogP contribution in [0.15, 0.2) is 22.7 Å². The molecule has 0 radical (unpaired) electrons. The van der Waals surface area contributed by atoms with Crippen LogP contribution in [0.5, 0.6) is 0 Å². The van der Waals surface area contributed by atoms with Gasteiger partial charge in [0.1, 0.15) is 22.8 Å². The van der Waals surface area contributed by atoms with E-state index in [0.717, 1.165) is 12.1 Å². The van der Waals surface area contributed by atoms with E-state index in [1.165, 1.54) is 6.20 Å². The molecule has 0 aliphatic carbocycles. The second kappa shape index (κ2) is 5.32. The van der Waals surface area contributed by atoms with Crippen LogP contribution >= 0.6 is 11.6 Å². The normalized spacial score (nSPS) is 13.3. The molecule has 20 heavy (non-hydrogen) atoms. The predicted octanol–water partition coefficient (Wildman–Crippen LogP) is 4.22. The highest BCUT2D eigenvalue weighted by Crippen LogP contribution is 2.32. The molecule has 1 atom stereocenters. The molecule has 8 heteroatoms. The fourth-order valence-corrected chi connectivity index (χ4v) is 1.80. The third kappa shape index (κ3) is 3.41. The molecule has 108 valence electrons. The Morgan fingerprint density at radius 1 is 1.35 bits per heavy atom. The van der Waals surface area contributed by atoms with Gasteiger partial charge < -0.3 is 9.73 Å². The van der Waals surface area contributed by atoms with Crippen molar-refractivity contribution >= 4 is 17.4 Å². The zero-order valence-electron chi connectivity index (χ0n) is 10.6. The van der Waals surface area contributed by atoms with Gasteiger partial charge in [-0.15, -0.1) is 0 Å². The number of hydrogen-bond acceptors (Lipinski definition) is 4. The maximum absolute atomic E-state index is 12.7. The molecule has 1 unspecified atom stereocenters. The fraction of sp³-hybridized carbons (Fsp3) is 0.333.